The standard InChI is InChI=1S/C17H24N2O/c20-17(19-16-5-3-1-2-4-6-16)14-8-7-13-9-10-18-12-15(13)11-14/h7-8,11,16,18H,1-6,9-10,12H2,(H,19,20). The summed E-state index contributed by atoms with van der Waals surface area (Å²) in [6, 6.07) is 6.54. The van der Waals surface area contributed by atoms with E-state index in [1.54, 1.807) is 0 Å². The van der Waals surface area contributed by atoms with E-state index in [4.69, 9.17) is 0 Å². The van der Waals surface area contributed by atoms with Crippen LogP contribution < -0.4 is 10.6 Å². The molecule has 2 N–H and O–H groups in total. The summed E-state index contributed by atoms with van der Waals surface area (Å²) < 4.78 is 0. The topological polar surface area (TPSA) is 41.1 Å². The molecule has 0 bridgehead atoms. The van der Waals surface area contributed by atoms with Crippen molar-refractivity contribution in [1.82, 2.24) is 10.6 Å². The number of fused-ring (bicyclic) bond motifs is 1. The minimum atomic E-state index is 0.102. The third-order valence-corrected chi connectivity index (χ3v) is 4.55. The molecule has 1 aliphatic heterocycles. The Hall–Kier alpha value is -1.35. The molecule has 0 radical (unpaired) electrons. The van der Waals surface area contributed by atoms with Crippen LogP contribution in [0.25, 0.3) is 0 Å². The van der Waals surface area contributed by atoms with Gasteiger partial charge in [0.25, 0.3) is 5.91 Å². The quantitative estimate of drug-likeness (QED) is 0.813. The van der Waals surface area contributed by atoms with Gasteiger partial charge in [-0.15, -0.1) is 0 Å². The zero-order valence-corrected chi connectivity index (χ0v) is 12.1. The lowest BCUT2D eigenvalue weighted by Gasteiger charge is -2.19. The molecule has 108 valence electrons. The molecule has 0 atom stereocenters. The SMILES string of the molecule is O=C(NC1CCCCCC1)c1ccc2c(c1)CNCC2. The predicted octanol–water partition coefficient (Wildman–Crippen LogP) is 2.78. The number of carbonyl (C=O) groups excluding carboxylic acids is 1. The molecule has 1 saturated carbocycles. The highest BCUT2D eigenvalue weighted by Crippen LogP contribution is 2.19. The van der Waals surface area contributed by atoms with Crippen LogP contribution in [0.3, 0.4) is 0 Å². The normalized spacial score (nSPS) is 20.0. The first-order valence-corrected chi connectivity index (χ1v) is 7.96. The van der Waals surface area contributed by atoms with E-state index in [1.165, 1.54) is 36.8 Å². The Labute approximate surface area is 121 Å². The molecule has 3 heteroatoms. The van der Waals surface area contributed by atoms with Gasteiger partial charge in [-0.05, 0) is 49.1 Å². The molecule has 1 heterocycles. The zero-order valence-electron chi connectivity index (χ0n) is 12.1. The zero-order chi connectivity index (χ0) is 13.8. The van der Waals surface area contributed by atoms with Gasteiger partial charge in [-0.2, -0.15) is 0 Å². The molecule has 1 aliphatic carbocycles. The van der Waals surface area contributed by atoms with Crippen molar-refractivity contribution in [2.45, 2.75) is 57.5 Å². The largest absolute Gasteiger partial charge is 0.349 e. The third-order valence-electron chi connectivity index (χ3n) is 4.55. The van der Waals surface area contributed by atoms with Crippen LogP contribution in [-0.4, -0.2) is 18.5 Å². The van der Waals surface area contributed by atoms with Crippen LogP contribution in [0.5, 0.6) is 0 Å². The summed E-state index contributed by atoms with van der Waals surface area (Å²) in [4.78, 5) is 12.4. The van der Waals surface area contributed by atoms with Gasteiger partial charge in [0.1, 0.15) is 0 Å². The lowest BCUT2D eigenvalue weighted by molar-refractivity contribution is 0.0933. The van der Waals surface area contributed by atoms with Gasteiger partial charge in [0, 0.05) is 18.2 Å². The molecular formula is C17H24N2O. The fourth-order valence-corrected chi connectivity index (χ4v) is 3.31. The summed E-state index contributed by atoms with van der Waals surface area (Å²) in [5.74, 6) is 0.102. The summed E-state index contributed by atoms with van der Waals surface area (Å²) in [7, 11) is 0. The van der Waals surface area contributed by atoms with Gasteiger partial charge in [-0.25, -0.2) is 0 Å². The van der Waals surface area contributed by atoms with Crippen molar-refractivity contribution in [1.29, 1.82) is 0 Å². The first kappa shape index (κ1) is 13.6. The Bertz CT molecular complexity index is 476. The summed E-state index contributed by atoms with van der Waals surface area (Å²) in [5.41, 5.74) is 3.48. The summed E-state index contributed by atoms with van der Waals surface area (Å²) in [6.45, 7) is 1.93. The van der Waals surface area contributed by atoms with Crippen LogP contribution in [0.1, 0.15) is 60.0 Å². The molecule has 1 aromatic rings. The smallest absolute Gasteiger partial charge is 0.251 e. The van der Waals surface area contributed by atoms with E-state index in [2.05, 4.69) is 22.8 Å². The van der Waals surface area contributed by atoms with Crippen LogP contribution in [0.4, 0.5) is 0 Å². The molecule has 3 rings (SSSR count). The maximum absolute atomic E-state index is 12.4. The molecule has 20 heavy (non-hydrogen) atoms. The van der Waals surface area contributed by atoms with Gasteiger partial charge in [0.2, 0.25) is 0 Å². The number of hydrogen-bond acceptors (Lipinski definition) is 2. The van der Waals surface area contributed by atoms with E-state index in [-0.39, 0.29) is 5.91 Å². The van der Waals surface area contributed by atoms with Crippen LogP contribution in [0.2, 0.25) is 0 Å². The van der Waals surface area contributed by atoms with E-state index in [0.29, 0.717) is 6.04 Å². The van der Waals surface area contributed by atoms with Crippen molar-refractivity contribution in [3.05, 3.63) is 34.9 Å². The second-order valence-electron chi connectivity index (χ2n) is 6.07. The molecule has 1 aromatic carbocycles. The van der Waals surface area contributed by atoms with Crippen LogP contribution >= 0.6 is 0 Å². The van der Waals surface area contributed by atoms with E-state index in [0.717, 1.165) is 37.9 Å². The average Bonchev–Trinajstić information content (AvgIpc) is 2.75. The van der Waals surface area contributed by atoms with E-state index >= 15 is 0 Å². The predicted molar refractivity (Wildman–Crippen MR) is 80.8 cm³/mol. The monoisotopic (exact) mass is 272 g/mol. The Morgan fingerprint density at radius 1 is 1.10 bits per heavy atom. The summed E-state index contributed by atoms with van der Waals surface area (Å²) >= 11 is 0. The lowest BCUT2D eigenvalue weighted by Crippen LogP contribution is -2.34. The highest BCUT2D eigenvalue weighted by molar-refractivity contribution is 5.94. The summed E-state index contributed by atoms with van der Waals surface area (Å²) in [5, 5.41) is 6.59. The lowest BCUT2D eigenvalue weighted by atomic mass is 9.98. The molecule has 0 aromatic heterocycles. The Morgan fingerprint density at radius 3 is 2.70 bits per heavy atom. The Kier molecular flexibility index (Phi) is 4.36. The number of rotatable bonds is 2. The van der Waals surface area contributed by atoms with Crippen molar-refractivity contribution < 1.29 is 4.79 Å². The molecule has 3 nitrogen and oxygen atoms in total. The molecule has 1 fully saturated rings. The van der Waals surface area contributed by atoms with E-state index < -0.39 is 0 Å². The van der Waals surface area contributed by atoms with Crippen LogP contribution in [-0.2, 0) is 13.0 Å². The van der Waals surface area contributed by atoms with Crippen molar-refractivity contribution in [2.75, 3.05) is 6.54 Å². The molecule has 0 spiro atoms. The van der Waals surface area contributed by atoms with Gasteiger partial charge in [0.05, 0.1) is 0 Å². The minimum absolute atomic E-state index is 0.102. The second-order valence-corrected chi connectivity index (χ2v) is 6.07. The highest BCUT2D eigenvalue weighted by atomic mass is 16.1. The van der Waals surface area contributed by atoms with Gasteiger partial charge in [-0.3, -0.25) is 4.79 Å². The molecule has 0 saturated heterocycles. The van der Waals surface area contributed by atoms with Crippen molar-refractivity contribution in [3.8, 4) is 0 Å². The fourth-order valence-electron chi connectivity index (χ4n) is 3.31. The molecular weight excluding hydrogens is 248 g/mol. The molecule has 1 amide bonds. The first-order chi connectivity index (χ1) is 9.83. The number of nitrogens with one attached hydrogen (secondary N) is 2. The fraction of sp³-hybridized carbons (Fsp3) is 0.588. The minimum Gasteiger partial charge on any atom is -0.349 e. The van der Waals surface area contributed by atoms with Gasteiger partial charge in [-0.1, -0.05) is 31.7 Å². The van der Waals surface area contributed by atoms with Gasteiger partial charge < -0.3 is 10.6 Å². The Morgan fingerprint density at radius 2 is 1.90 bits per heavy atom. The van der Waals surface area contributed by atoms with E-state index in [9.17, 15) is 4.79 Å². The summed E-state index contributed by atoms with van der Waals surface area (Å²) in [6.07, 6.45) is 8.47. The third kappa shape index (κ3) is 3.21. The van der Waals surface area contributed by atoms with Crippen molar-refractivity contribution in [3.63, 3.8) is 0 Å². The maximum atomic E-state index is 12.4. The molecule has 2 aliphatic rings. The first-order valence-electron chi connectivity index (χ1n) is 7.96. The number of hydrogen-bond donors (Lipinski definition) is 2. The Balaban J connectivity index is 1.67. The van der Waals surface area contributed by atoms with Gasteiger partial charge in [0.15, 0.2) is 0 Å². The number of carbonyl (C=O) groups is 1. The van der Waals surface area contributed by atoms with Crippen molar-refractivity contribution in [2.24, 2.45) is 0 Å². The van der Waals surface area contributed by atoms with Crippen LogP contribution in [0.15, 0.2) is 18.2 Å². The van der Waals surface area contributed by atoms with E-state index in [1.807, 2.05) is 6.07 Å². The van der Waals surface area contributed by atoms with Crippen LogP contribution in [0, 0.1) is 0 Å². The molecule has 0 unspecified atom stereocenters. The second kappa shape index (κ2) is 6.40. The highest BCUT2D eigenvalue weighted by Gasteiger charge is 2.17. The maximum Gasteiger partial charge on any atom is 0.251 e. The number of amides is 1. The van der Waals surface area contributed by atoms with Crippen molar-refractivity contribution >= 4 is 5.91 Å². The van der Waals surface area contributed by atoms with Gasteiger partial charge >= 0.3 is 0 Å². The number of benzene rings is 1. The average molecular weight is 272 g/mol.